The summed E-state index contributed by atoms with van der Waals surface area (Å²) < 4.78 is 26.8. The molecule has 0 aliphatic heterocycles. The summed E-state index contributed by atoms with van der Waals surface area (Å²) in [6, 6.07) is 2.45. The van der Waals surface area contributed by atoms with Gasteiger partial charge in [-0.25, -0.2) is 17.9 Å². The maximum Gasteiger partial charge on any atom is 0.328 e. The number of amides is 2. The average molecular weight is 567 g/mol. The Balaban J connectivity index is 1.20. The molecular formula is C29H46N2O5S2. The van der Waals surface area contributed by atoms with E-state index in [9.17, 15) is 23.4 Å². The molecule has 0 aromatic carbocycles. The van der Waals surface area contributed by atoms with Crippen molar-refractivity contribution in [1.82, 2.24) is 10.0 Å². The summed E-state index contributed by atoms with van der Waals surface area (Å²) in [6.07, 6.45) is 9.75. The van der Waals surface area contributed by atoms with E-state index in [0.717, 1.165) is 69.1 Å². The minimum Gasteiger partial charge on any atom is -0.393 e. The molecule has 1 aromatic heterocycles. The topological polar surface area (TPSA) is 116 Å². The largest absolute Gasteiger partial charge is 0.393 e. The molecule has 0 saturated heterocycles. The summed E-state index contributed by atoms with van der Waals surface area (Å²) in [5, 5.41) is 26.7. The lowest BCUT2D eigenvalue weighted by Gasteiger charge is -2.64. The van der Waals surface area contributed by atoms with Crippen molar-refractivity contribution in [2.24, 2.45) is 46.3 Å². The van der Waals surface area contributed by atoms with Crippen LogP contribution in [-0.2, 0) is 10.0 Å². The monoisotopic (exact) mass is 566 g/mol. The van der Waals surface area contributed by atoms with E-state index < -0.39 is 16.1 Å². The van der Waals surface area contributed by atoms with Crippen LogP contribution in [0.4, 0.5) is 4.79 Å². The van der Waals surface area contributed by atoms with E-state index in [2.05, 4.69) is 30.8 Å². The third-order valence-corrected chi connectivity index (χ3v) is 14.3. The Hall–Kier alpha value is -1.16. The number of rotatable bonds is 7. The third kappa shape index (κ3) is 4.83. The van der Waals surface area contributed by atoms with Gasteiger partial charge < -0.3 is 15.5 Å². The Kier molecular flexibility index (Phi) is 7.97. The van der Waals surface area contributed by atoms with Gasteiger partial charge in [0.05, 0.1) is 12.2 Å². The van der Waals surface area contributed by atoms with Crippen LogP contribution < -0.4 is 10.0 Å². The van der Waals surface area contributed by atoms with E-state index in [-0.39, 0.29) is 33.2 Å². The Morgan fingerprint density at radius 3 is 2.53 bits per heavy atom. The van der Waals surface area contributed by atoms with Gasteiger partial charge in [0, 0.05) is 6.54 Å². The molecule has 0 unspecified atom stereocenters. The molecule has 7 nitrogen and oxygen atoms in total. The van der Waals surface area contributed by atoms with Crippen LogP contribution in [0.5, 0.6) is 0 Å². The van der Waals surface area contributed by atoms with Gasteiger partial charge >= 0.3 is 6.03 Å². The number of thiophene rings is 1. The molecule has 1 aromatic rings. The van der Waals surface area contributed by atoms with E-state index in [1.165, 1.54) is 12.5 Å². The zero-order chi connectivity index (χ0) is 27.3. The summed E-state index contributed by atoms with van der Waals surface area (Å²) in [6.45, 7) is 7.58. The van der Waals surface area contributed by atoms with Gasteiger partial charge in [0.2, 0.25) is 0 Å². The number of carbonyl (C=O) groups is 1. The van der Waals surface area contributed by atoms with Crippen molar-refractivity contribution in [3.8, 4) is 0 Å². The highest BCUT2D eigenvalue weighted by Gasteiger charge is 2.64. The smallest absolute Gasteiger partial charge is 0.328 e. The minimum atomic E-state index is -3.82. The number of aliphatic hydroxyl groups excluding tert-OH is 2. The molecule has 2 amide bonds. The van der Waals surface area contributed by atoms with Crippen LogP contribution >= 0.6 is 11.3 Å². The molecule has 0 spiro atoms. The Morgan fingerprint density at radius 2 is 1.82 bits per heavy atom. The molecule has 4 aliphatic carbocycles. The lowest BCUT2D eigenvalue weighted by atomic mass is 9.41. The third-order valence-electron chi connectivity index (χ3n) is 11.6. The Bertz CT molecular complexity index is 1090. The molecule has 0 radical (unpaired) electrons. The van der Waals surface area contributed by atoms with Crippen LogP contribution in [0.15, 0.2) is 21.7 Å². The van der Waals surface area contributed by atoms with Gasteiger partial charge in [-0.15, -0.1) is 11.3 Å². The second-order valence-corrected chi connectivity index (χ2v) is 16.0. The first-order valence-corrected chi connectivity index (χ1v) is 17.1. The fourth-order valence-corrected chi connectivity index (χ4v) is 11.6. The fourth-order valence-electron chi connectivity index (χ4n) is 9.72. The van der Waals surface area contributed by atoms with Crippen LogP contribution in [-0.4, -0.2) is 43.4 Å². The van der Waals surface area contributed by atoms with Gasteiger partial charge in [0.1, 0.15) is 4.21 Å². The highest BCUT2D eigenvalue weighted by Crippen LogP contribution is 2.69. The first-order chi connectivity index (χ1) is 18.0. The SMILES string of the molecule is CC[C@H]1[C@@H](O)[C@@H]2[C@H](CC[C@]3(C)[C@@H](CCCNC(=O)NS(=O)(=O)c4cccs4)CC[C@@H]23)[C@@]2(C)CC[C@@H](O)C[C@@H]12. The van der Waals surface area contributed by atoms with Crippen molar-refractivity contribution in [3.63, 3.8) is 0 Å². The zero-order valence-corrected chi connectivity index (χ0v) is 24.7. The van der Waals surface area contributed by atoms with Crippen molar-refractivity contribution in [2.75, 3.05) is 6.54 Å². The predicted octanol–water partition coefficient (Wildman–Crippen LogP) is 5.14. The van der Waals surface area contributed by atoms with Crippen molar-refractivity contribution in [2.45, 2.75) is 101 Å². The molecule has 0 bridgehead atoms. The number of fused-ring (bicyclic) bond motifs is 5. The molecule has 4 saturated carbocycles. The fraction of sp³-hybridized carbons (Fsp3) is 0.828. The summed E-state index contributed by atoms with van der Waals surface area (Å²) in [4.78, 5) is 12.2. The highest BCUT2D eigenvalue weighted by atomic mass is 32.2. The summed E-state index contributed by atoms with van der Waals surface area (Å²) >= 11 is 1.08. The quantitative estimate of drug-likeness (QED) is 0.341. The molecule has 4 N–H and O–H groups in total. The van der Waals surface area contributed by atoms with Crippen molar-refractivity contribution >= 4 is 27.4 Å². The van der Waals surface area contributed by atoms with Gasteiger partial charge in [-0.1, -0.05) is 33.3 Å². The number of hydrogen-bond acceptors (Lipinski definition) is 6. The average Bonchev–Trinajstić information content (AvgIpc) is 3.52. The predicted molar refractivity (Wildman–Crippen MR) is 149 cm³/mol. The number of nitrogens with one attached hydrogen (secondary N) is 2. The first kappa shape index (κ1) is 28.4. The number of sulfonamides is 1. The van der Waals surface area contributed by atoms with Crippen molar-refractivity contribution in [3.05, 3.63) is 17.5 Å². The van der Waals surface area contributed by atoms with E-state index in [1.807, 2.05) is 0 Å². The molecule has 9 heteroatoms. The van der Waals surface area contributed by atoms with Crippen molar-refractivity contribution < 1.29 is 23.4 Å². The molecule has 1 heterocycles. The number of hydrogen-bond donors (Lipinski definition) is 4. The van der Waals surface area contributed by atoms with Crippen LogP contribution in [0.3, 0.4) is 0 Å². The Morgan fingerprint density at radius 1 is 1.08 bits per heavy atom. The number of carbonyl (C=O) groups excluding carboxylic acids is 1. The molecular weight excluding hydrogens is 520 g/mol. The van der Waals surface area contributed by atoms with Gasteiger partial charge in [0.15, 0.2) is 0 Å². The van der Waals surface area contributed by atoms with Crippen LogP contribution in [0.1, 0.15) is 85.0 Å². The minimum absolute atomic E-state index is 0.132. The number of aliphatic hydroxyl groups is 2. The molecule has 4 aliphatic rings. The molecule has 5 rings (SSSR count). The maximum atomic E-state index is 12.3. The highest BCUT2D eigenvalue weighted by molar-refractivity contribution is 7.92. The lowest BCUT2D eigenvalue weighted by Crippen LogP contribution is -2.62. The van der Waals surface area contributed by atoms with E-state index in [4.69, 9.17) is 0 Å². The zero-order valence-electron chi connectivity index (χ0n) is 23.1. The molecule has 38 heavy (non-hydrogen) atoms. The van der Waals surface area contributed by atoms with Crippen LogP contribution in [0, 0.1) is 46.3 Å². The Labute approximate surface area is 232 Å². The van der Waals surface area contributed by atoms with Gasteiger partial charge in [-0.2, -0.15) is 0 Å². The standard InChI is InChI=1S/C29H46N2O5S2/c1-4-20-23-17-19(32)11-13-29(23,3)22-12-14-28(2)18(9-10-21(28)25(22)26(20)33)7-5-15-30-27(34)31-38(35,36)24-8-6-16-37-24/h6,8,16,18-23,25-26,32-33H,4-5,7,9-15,17H2,1-3H3,(H2,30,31,34)/t18-,19+,20+,21-,22-,23-,25-,26+,28+,29+/m0/s1. The van der Waals surface area contributed by atoms with Crippen LogP contribution in [0.25, 0.3) is 0 Å². The molecule has 214 valence electrons. The second kappa shape index (κ2) is 10.7. The van der Waals surface area contributed by atoms with E-state index in [0.29, 0.717) is 36.1 Å². The van der Waals surface area contributed by atoms with Gasteiger partial charge in [-0.3, -0.25) is 0 Å². The molecule has 10 atom stereocenters. The second-order valence-electron chi connectivity index (χ2n) is 13.1. The van der Waals surface area contributed by atoms with Gasteiger partial charge in [-0.05, 0) is 116 Å². The number of urea groups is 1. The maximum absolute atomic E-state index is 12.3. The lowest BCUT2D eigenvalue weighted by molar-refractivity contribution is -0.202. The normalized spacial score (nSPS) is 42.6. The summed E-state index contributed by atoms with van der Waals surface area (Å²) in [5.74, 6) is 2.63. The molecule has 4 fully saturated rings. The van der Waals surface area contributed by atoms with Crippen molar-refractivity contribution in [1.29, 1.82) is 0 Å². The summed E-state index contributed by atoms with van der Waals surface area (Å²) in [5.41, 5.74) is 0.409. The van der Waals surface area contributed by atoms with Gasteiger partial charge in [0.25, 0.3) is 10.0 Å². The summed E-state index contributed by atoms with van der Waals surface area (Å²) in [7, 11) is -3.82. The van der Waals surface area contributed by atoms with E-state index >= 15 is 0 Å². The van der Waals surface area contributed by atoms with E-state index in [1.54, 1.807) is 11.4 Å². The first-order valence-electron chi connectivity index (χ1n) is 14.7. The van der Waals surface area contributed by atoms with Crippen LogP contribution in [0.2, 0.25) is 0 Å².